The van der Waals surface area contributed by atoms with Gasteiger partial charge in [-0.3, -0.25) is 4.79 Å². The summed E-state index contributed by atoms with van der Waals surface area (Å²) in [6.07, 6.45) is 2.42. The molecule has 1 amide bonds. The molecule has 1 aliphatic rings. The molecular weight excluding hydrogens is 313 g/mol. The standard InChI is InChI=1S/C17H20FN3OS/c1-19-10-15-6-3-7-21(15)16(22)9-14-11-23-17(20-14)12-4-2-5-13(18)8-12/h2,4-5,8,11,15,19H,3,6-7,9-10H2,1H3. The molecule has 0 spiro atoms. The second kappa shape index (κ2) is 7.19. The van der Waals surface area contributed by atoms with Gasteiger partial charge in [0.1, 0.15) is 10.8 Å². The number of nitrogens with zero attached hydrogens (tertiary/aromatic N) is 2. The number of likely N-dealkylation sites (tertiary alicyclic amines) is 1. The van der Waals surface area contributed by atoms with Gasteiger partial charge < -0.3 is 10.2 Å². The van der Waals surface area contributed by atoms with Crippen molar-refractivity contribution in [2.24, 2.45) is 0 Å². The van der Waals surface area contributed by atoms with Gasteiger partial charge in [0.05, 0.1) is 12.1 Å². The summed E-state index contributed by atoms with van der Waals surface area (Å²) in [6, 6.07) is 6.67. The number of carbonyl (C=O) groups is 1. The van der Waals surface area contributed by atoms with E-state index >= 15 is 0 Å². The van der Waals surface area contributed by atoms with E-state index in [0.29, 0.717) is 6.42 Å². The lowest BCUT2D eigenvalue weighted by Gasteiger charge is -2.24. The summed E-state index contributed by atoms with van der Waals surface area (Å²) >= 11 is 1.45. The van der Waals surface area contributed by atoms with Crippen LogP contribution in [0, 0.1) is 5.82 Å². The zero-order valence-corrected chi connectivity index (χ0v) is 13.9. The maximum Gasteiger partial charge on any atom is 0.228 e. The number of likely N-dealkylation sites (N-methyl/N-ethyl adjacent to an activating group) is 1. The van der Waals surface area contributed by atoms with Gasteiger partial charge in [-0.15, -0.1) is 11.3 Å². The lowest BCUT2D eigenvalue weighted by Crippen LogP contribution is -2.41. The van der Waals surface area contributed by atoms with Crippen molar-refractivity contribution in [2.45, 2.75) is 25.3 Å². The molecule has 0 aliphatic carbocycles. The monoisotopic (exact) mass is 333 g/mol. The molecule has 2 heterocycles. The van der Waals surface area contributed by atoms with Crippen LogP contribution < -0.4 is 5.32 Å². The van der Waals surface area contributed by atoms with Crippen molar-refractivity contribution in [2.75, 3.05) is 20.1 Å². The highest BCUT2D eigenvalue weighted by atomic mass is 32.1. The van der Waals surface area contributed by atoms with Gasteiger partial charge in [-0.2, -0.15) is 0 Å². The Morgan fingerprint density at radius 3 is 3.17 bits per heavy atom. The van der Waals surface area contributed by atoms with Crippen LogP contribution in [0.15, 0.2) is 29.6 Å². The van der Waals surface area contributed by atoms with Gasteiger partial charge in [-0.25, -0.2) is 9.37 Å². The Morgan fingerprint density at radius 2 is 2.39 bits per heavy atom. The summed E-state index contributed by atoms with van der Waals surface area (Å²) in [5.41, 5.74) is 1.51. The van der Waals surface area contributed by atoms with Crippen LogP contribution in [-0.2, 0) is 11.2 Å². The van der Waals surface area contributed by atoms with E-state index < -0.39 is 0 Å². The van der Waals surface area contributed by atoms with Crippen LogP contribution in [0.25, 0.3) is 10.6 Å². The number of halogens is 1. The summed E-state index contributed by atoms with van der Waals surface area (Å²) in [4.78, 5) is 19.0. The van der Waals surface area contributed by atoms with Crippen molar-refractivity contribution in [1.29, 1.82) is 0 Å². The minimum absolute atomic E-state index is 0.124. The van der Waals surface area contributed by atoms with E-state index in [1.807, 2.05) is 23.4 Å². The van der Waals surface area contributed by atoms with E-state index in [1.54, 1.807) is 6.07 Å². The van der Waals surface area contributed by atoms with Crippen LogP contribution in [0.3, 0.4) is 0 Å². The van der Waals surface area contributed by atoms with Gasteiger partial charge in [0.15, 0.2) is 0 Å². The Labute approximate surface area is 139 Å². The predicted molar refractivity (Wildman–Crippen MR) is 89.9 cm³/mol. The normalized spacial score (nSPS) is 17.7. The molecule has 4 nitrogen and oxygen atoms in total. The molecule has 0 radical (unpaired) electrons. The average Bonchev–Trinajstić information content (AvgIpc) is 3.17. The van der Waals surface area contributed by atoms with Gasteiger partial charge in [-0.1, -0.05) is 12.1 Å². The molecular formula is C17H20FN3OS. The molecule has 1 aromatic carbocycles. The average molecular weight is 333 g/mol. The quantitative estimate of drug-likeness (QED) is 0.915. The van der Waals surface area contributed by atoms with Gasteiger partial charge in [0.2, 0.25) is 5.91 Å². The van der Waals surface area contributed by atoms with E-state index in [1.165, 1.54) is 23.5 Å². The van der Waals surface area contributed by atoms with Crippen molar-refractivity contribution < 1.29 is 9.18 Å². The molecule has 2 aromatic rings. The highest BCUT2D eigenvalue weighted by Gasteiger charge is 2.28. The molecule has 0 saturated carbocycles. The SMILES string of the molecule is CNCC1CCCN1C(=O)Cc1csc(-c2cccc(F)c2)n1. The third kappa shape index (κ3) is 3.76. The van der Waals surface area contributed by atoms with Crippen LogP contribution in [0.5, 0.6) is 0 Å². The summed E-state index contributed by atoms with van der Waals surface area (Å²) < 4.78 is 13.3. The topological polar surface area (TPSA) is 45.2 Å². The van der Waals surface area contributed by atoms with Crippen molar-refractivity contribution in [3.8, 4) is 10.6 Å². The van der Waals surface area contributed by atoms with Crippen LogP contribution in [0.4, 0.5) is 4.39 Å². The molecule has 122 valence electrons. The second-order valence-electron chi connectivity index (χ2n) is 5.77. The number of carbonyl (C=O) groups excluding carboxylic acids is 1. The van der Waals surface area contributed by atoms with Crippen LogP contribution in [0.2, 0.25) is 0 Å². The molecule has 1 atom stereocenters. The van der Waals surface area contributed by atoms with Crippen molar-refractivity contribution >= 4 is 17.2 Å². The van der Waals surface area contributed by atoms with Gasteiger partial charge in [0.25, 0.3) is 0 Å². The van der Waals surface area contributed by atoms with Crippen LogP contribution in [0.1, 0.15) is 18.5 Å². The summed E-state index contributed by atoms with van der Waals surface area (Å²) in [6.45, 7) is 1.66. The Morgan fingerprint density at radius 1 is 1.52 bits per heavy atom. The summed E-state index contributed by atoms with van der Waals surface area (Å²) in [5, 5.41) is 5.79. The number of rotatable bonds is 5. The highest BCUT2D eigenvalue weighted by Crippen LogP contribution is 2.25. The smallest absolute Gasteiger partial charge is 0.228 e. The van der Waals surface area contributed by atoms with Crippen LogP contribution in [-0.4, -0.2) is 42.0 Å². The molecule has 1 aromatic heterocycles. The first-order valence-corrected chi connectivity index (χ1v) is 8.70. The lowest BCUT2D eigenvalue weighted by molar-refractivity contribution is -0.131. The van der Waals surface area contributed by atoms with Crippen molar-refractivity contribution in [3.05, 3.63) is 41.2 Å². The van der Waals surface area contributed by atoms with E-state index in [9.17, 15) is 9.18 Å². The third-order valence-corrected chi connectivity index (χ3v) is 5.03. The Bertz CT molecular complexity index is 688. The van der Waals surface area contributed by atoms with E-state index in [0.717, 1.165) is 42.2 Å². The van der Waals surface area contributed by atoms with E-state index in [4.69, 9.17) is 0 Å². The zero-order valence-electron chi connectivity index (χ0n) is 13.1. The summed E-state index contributed by atoms with van der Waals surface area (Å²) in [7, 11) is 1.91. The number of hydrogen-bond donors (Lipinski definition) is 1. The molecule has 3 rings (SSSR count). The van der Waals surface area contributed by atoms with Gasteiger partial charge in [0, 0.05) is 30.1 Å². The maximum absolute atomic E-state index is 13.3. The fourth-order valence-corrected chi connectivity index (χ4v) is 3.83. The van der Waals surface area contributed by atoms with Gasteiger partial charge in [-0.05, 0) is 32.0 Å². The minimum Gasteiger partial charge on any atom is -0.338 e. The van der Waals surface area contributed by atoms with E-state index in [2.05, 4.69) is 10.3 Å². The number of aromatic nitrogens is 1. The molecule has 1 unspecified atom stereocenters. The minimum atomic E-state index is -0.276. The first kappa shape index (κ1) is 16.1. The van der Waals surface area contributed by atoms with Crippen molar-refractivity contribution in [3.63, 3.8) is 0 Å². The van der Waals surface area contributed by atoms with Crippen LogP contribution >= 0.6 is 11.3 Å². The van der Waals surface area contributed by atoms with Crippen molar-refractivity contribution in [1.82, 2.24) is 15.2 Å². The molecule has 1 aliphatic heterocycles. The molecule has 1 saturated heterocycles. The molecule has 0 bridgehead atoms. The lowest BCUT2D eigenvalue weighted by atomic mass is 10.2. The Balaban J connectivity index is 1.68. The second-order valence-corrected chi connectivity index (χ2v) is 6.63. The molecule has 1 fully saturated rings. The number of nitrogens with one attached hydrogen (secondary N) is 1. The third-order valence-electron chi connectivity index (χ3n) is 4.09. The number of benzene rings is 1. The Kier molecular flexibility index (Phi) is 5.03. The van der Waals surface area contributed by atoms with E-state index in [-0.39, 0.29) is 17.8 Å². The van der Waals surface area contributed by atoms with Gasteiger partial charge >= 0.3 is 0 Å². The largest absolute Gasteiger partial charge is 0.338 e. The Hall–Kier alpha value is -1.79. The molecule has 23 heavy (non-hydrogen) atoms. The fourth-order valence-electron chi connectivity index (χ4n) is 3.01. The first-order valence-electron chi connectivity index (χ1n) is 7.82. The number of amides is 1. The zero-order chi connectivity index (χ0) is 16.2. The first-order chi connectivity index (χ1) is 11.2. The number of hydrogen-bond acceptors (Lipinski definition) is 4. The maximum atomic E-state index is 13.3. The fraction of sp³-hybridized carbons (Fsp3) is 0.412. The molecule has 6 heteroatoms. The number of thiazole rings is 1. The molecule has 1 N–H and O–H groups in total. The highest BCUT2D eigenvalue weighted by molar-refractivity contribution is 7.13. The summed E-state index contributed by atoms with van der Waals surface area (Å²) in [5.74, 6) is -0.152. The predicted octanol–water partition coefficient (Wildman–Crippen LogP) is 2.70.